The molecule has 5 atom stereocenters. The van der Waals surface area contributed by atoms with Crippen molar-refractivity contribution in [3.8, 4) is 0 Å². The Hall–Kier alpha value is -2.68. The first-order chi connectivity index (χ1) is 17.7. The third kappa shape index (κ3) is 4.29. The lowest BCUT2D eigenvalue weighted by atomic mass is 9.66. The highest BCUT2D eigenvalue weighted by Crippen LogP contribution is 2.63. The number of carbonyl (C=O) groups excluding carboxylic acids is 3. The molecule has 4 rings (SSSR count). The highest BCUT2D eigenvalue weighted by Gasteiger charge is 2.78. The Kier molecular flexibility index (Phi) is 7.83. The van der Waals surface area contributed by atoms with E-state index in [9.17, 15) is 19.5 Å². The zero-order valence-corrected chi connectivity index (χ0v) is 22.3. The average molecular weight is 530 g/mol. The maximum absolute atomic E-state index is 14.3. The van der Waals surface area contributed by atoms with Gasteiger partial charge in [0.1, 0.15) is 11.6 Å². The largest absolute Gasteiger partial charge is 0.395 e. The van der Waals surface area contributed by atoms with Gasteiger partial charge in [0.05, 0.1) is 34.8 Å². The van der Waals surface area contributed by atoms with Crippen LogP contribution in [0, 0.1) is 11.8 Å². The van der Waals surface area contributed by atoms with Crippen molar-refractivity contribution in [1.82, 2.24) is 9.80 Å². The number of rotatable bonds is 11. The van der Waals surface area contributed by atoms with E-state index in [2.05, 4.69) is 13.2 Å². The maximum Gasteiger partial charge on any atom is 0.253 e. The number of aliphatic hydroxyl groups is 1. The molecule has 3 aliphatic heterocycles. The molecule has 9 heteroatoms. The minimum Gasteiger partial charge on any atom is -0.395 e. The molecule has 1 spiro atoms. The molecule has 3 heterocycles. The Morgan fingerprint density at radius 1 is 1.22 bits per heavy atom. The fourth-order valence-electron chi connectivity index (χ4n) is 6.60. The Bertz CT molecular complexity index is 1100. The Labute approximate surface area is 223 Å². The molecule has 2 unspecified atom stereocenters. The summed E-state index contributed by atoms with van der Waals surface area (Å²) in [6.07, 6.45) is 5.05. The number of aliphatic hydroxyl groups excluding tert-OH is 1. The van der Waals surface area contributed by atoms with E-state index < -0.39 is 29.1 Å². The van der Waals surface area contributed by atoms with Crippen LogP contribution in [0.1, 0.15) is 33.1 Å². The Morgan fingerprint density at radius 2 is 1.92 bits per heavy atom. The zero-order chi connectivity index (χ0) is 27.0. The number of halogens is 1. The summed E-state index contributed by atoms with van der Waals surface area (Å²) in [5, 5.41) is 10.2. The molecule has 200 valence electrons. The summed E-state index contributed by atoms with van der Waals surface area (Å²) in [6, 6.07) is 5.99. The molecule has 3 fully saturated rings. The fraction of sp³-hybridized carbons (Fsp3) is 0.536. The van der Waals surface area contributed by atoms with Crippen LogP contribution in [-0.4, -0.2) is 82.7 Å². The van der Waals surface area contributed by atoms with Crippen LogP contribution in [0.3, 0.4) is 0 Å². The summed E-state index contributed by atoms with van der Waals surface area (Å²) in [5.74, 6) is -2.41. The molecule has 3 saturated heterocycles. The number of β-amino-alcohol motifs (C(OH)–C–C–N with tert-alkyl or cyclic N) is 1. The summed E-state index contributed by atoms with van der Waals surface area (Å²) < 4.78 is 6.66. The minimum atomic E-state index is -1.18. The van der Waals surface area contributed by atoms with Crippen molar-refractivity contribution in [3.05, 3.63) is 54.6 Å². The van der Waals surface area contributed by atoms with E-state index in [0.29, 0.717) is 36.6 Å². The van der Waals surface area contributed by atoms with Crippen molar-refractivity contribution in [1.29, 1.82) is 0 Å². The maximum atomic E-state index is 14.3. The quantitative estimate of drug-likeness (QED) is 0.445. The number of anilines is 1. The lowest BCUT2D eigenvalue weighted by Crippen LogP contribution is -2.57. The van der Waals surface area contributed by atoms with Gasteiger partial charge in [0.2, 0.25) is 11.8 Å². The summed E-state index contributed by atoms with van der Waals surface area (Å²) in [4.78, 5) is 46.8. The van der Waals surface area contributed by atoms with Crippen LogP contribution < -0.4 is 4.90 Å². The lowest BCUT2D eigenvalue weighted by molar-refractivity contribution is -0.149. The summed E-state index contributed by atoms with van der Waals surface area (Å²) in [5.41, 5.74) is -1.55. The summed E-state index contributed by atoms with van der Waals surface area (Å²) >= 11 is 6.46. The van der Waals surface area contributed by atoms with Crippen LogP contribution in [-0.2, 0) is 19.1 Å². The van der Waals surface area contributed by atoms with E-state index in [1.54, 1.807) is 41.3 Å². The van der Waals surface area contributed by atoms with Crippen molar-refractivity contribution in [2.75, 3.05) is 37.7 Å². The number of ether oxygens (including phenoxy) is 1. The molecule has 1 aromatic carbocycles. The Balaban J connectivity index is 1.80. The van der Waals surface area contributed by atoms with Crippen LogP contribution in [0.4, 0.5) is 5.69 Å². The van der Waals surface area contributed by atoms with E-state index in [1.165, 1.54) is 9.80 Å². The number of hydrogen-bond donors (Lipinski definition) is 1. The number of fused-ring (bicyclic) bond motifs is 1. The van der Waals surface area contributed by atoms with Crippen molar-refractivity contribution in [2.24, 2.45) is 11.8 Å². The van der Waals surface area contributed by atoms with E-state index in [-0.39, 0.29) is 37.4 Å². The van der Waals surface area contributed by atoms with E-state index in [1.807, 2.05) is 13.8 Å². The van der Waals surface area contributed by atoms with Gasteiger partial charge in [-0.25, -0.2) is 0 Å². The minimum absolute atomic E-state index is 0.0374. The molecule has 3 amide bonds. The van der Waals surface area contributed by atoms with Crippen LogP contribution in [0.15, 0.2) is 49.6 Å². The monoisotopic (exact) mass is 529 g/mol. The number of nitrogens with zero attached hydrogens (tertiary/aromatic N) is 3. The van der Waals surface area contributed by atoms with Gasteiger partial charge >= 0.3 is 0 Å². The molecule has 8 nitrogen and oxygen atoms in total. The number of benzene rings is 1. The molecule has 1 N–H and O–H groups in total. The van der Waals surface area contributed by atoms with Gasteiger partial charge in [-0.05, 0) is 38.3 Å². The first kappa shape index (κ1) is 27.4. The predicted octanol–water partition coefficient (Wildman–Crippen LogP) is 3.04. The zero-order valence-electron chi connectivity index (χ0n) is 21.6. The second-order valence-electron chi connectivity index (χ2n) is 10.2. The normalized spacial score (nSPS) is 29.8. The smallest absolute Gasteiger partial charge is 0.253 e. The Morgan fingerprint density at radius 3 is 2.54 bits per heavy atom. The van der Waals surface area contributed by atoms with Gasteiger partial charge in [-0.15, -0.1) is 13.2 Å². The molecule has 0 radical (unpaired) electrons. The van der Waals surface area contributed by atoms with Gasteiger partial charge in [0, 0.05) is 26.2 Å². The third-order valence-electron chi connectivity index (χ3n) is 7.99. The second kappa shape index (κ2) is 10.6. The molecule has 2 bridgehead atoms. The lowest BCUT2D eigenvalue weighted by Gasteiger charge is -2.37. The van der Waals surface area contributed by atoms with Crippen molar-refractivity contribution < 1.29 is 24.2 Å². The molecular weight excluding hydrogens is 494 g/mol. The van der Waals surface area contributed by atoms with Gasteiger partial charge in [0.25, 0.3) is 5.91 Å². The van der Waals surface area contributed by atoms with E-state index in [4.69, 9.17) is 16.3 Å². The van der Waals surface area contributed by atoms with Gasteiger partial charge in [-0.2, -0.15) is 0 Å². The van der Waals surface area contributed by atoms with Crippen LogP contribution in [0.2, 0.25) is 5.02 Å². The van der Waals surface area contributed by atoms with Crippen molar-refractivity contribution >= 4 is 35.0 Å². The molecule has 0 saturated carbocycles. The number of likely N-dealkylation sites (tertiary alicyclic amines) is 1. The number of para-hydroxylation sites is 1. The van der Waals surface area contributed by atoms with Gasteiger partial charge in [0.15, 0.2) is 0 Å². The van der Waals surface area contributed by atoms with Crippen LogP contribution in [0.5, 0.6) is 0 Å². The molecule has 0 aromatic heterocycles. The molecular formula is C28H36ClN3O5. The fourth-order valence-corrected chi connectivity index (χ4v) is 6.84. The van der Waals surface area contributed by atoms with Crippen LogP contribution >= 0.6 is 11.6 Å². The SMILES string of the molecule is C=CCN(CCC)C(=O)[C@@H]1[C@H]2C(=O)N(CCO)C(C(=O)N(CC=C)c3ccccc3Cl)C23CC[C@@]1(C)O3. The van der Waals surface area contributed by atoms with Gasteiger partial charge < -0.3 is 24.5 Å². The second-order valence-corrected chi connectivity index (χ2v) is 10.7. The van der Waals surface area contributed by atoms with Gasteiger partial charge in [-0.1, -0.05) is 42.8 Å². The molecule has 3 aliphatic rings. The van der Waals surface area contributed by atoms with Crippen molar-refractivity contribution in [2.45, 2.75) is 50.4 Å². The summed E-state index contributed by atoms with van der Waals surface area (Å²) in [6.45, 7) is 12.2. The van der Waals surface area contributed by atoms with Gasteiger partial charge in [-0.3, -0.25) is 14.4 Å². The van der Waals surface area contributed by atoms with Crippen LogP contribution in [0.25, 0.3) is 0 Å². The summed E-state index contributed by atoms with van der Waals surface area (Å²) in [7, 11) is 0. The van der Waals surface area contributed by atoms with Crippen molar-refractivity contribution in [3.63, 3.8) is 0 Å². The highest BCUT2D eigenvalue weighted by atomic mass is 35.5. The molecule has 1 aromatic rings. The van der Waals surface area contributed by atoms with E-state index in [0.717, 1.165) is 6.42 Å². The highest BCUT2D eigenvalue weighted by molar-refractivity contribution is 6.34. The number of amides is 3. The first-order valence-corrected chi connectivity index (χ1v) is 13.3. The molecule has 0 aliphatic carbocycles. The average Bonchev–Trinajstić information content (AvgIpc) is 3.43. The standard InChI is InChI=1S/C28H36ClN3O5/c1-5-14-30(15-6-2)24(34)21-22-25(35)32(17-18-33)23(28(22)13-12-27(21,4)37-28)26(36)31(16-7-3)20-11-9-8-10-19(20)29/h5,7-11,21-23,33H,1,3,6,12-18H2,2,4H3/t21-,22-,23?,27+,28?/m0/s1. The number of carbonyl (C=O) groups is 3. The van der Waals surface area contributed by atoms with E-state index >= 15 is 0 Å². The molecule has 37 heavy (non-hydrogen) atoms. The third-order valence-corrected chi connectivity index (χ3v) is 8.31. The number of hydrogen-bond acceptors (Lipinski definition) is 5. The first-order valence-electron chi connectivity index (χ1n) is 12.9. The topological polar surface area (TPSA) is 90.4 Å². The predicted molar refractivity (Wildman–Crippen MR) is 142 cm³/mol.